The summed E-state index contributed by atoms with van der Waals surface area (Å²) in [6, 6.07) is 11.3. The molecular weight excluding hydrogens is 1080 g/mol. The Morgan fingerprint density at radius 3 is 1.43 bits per heavy atom. The molecular formula is C56H83BCl2F2N6NaO11. The van der Waals surface area contributed by atoms with E-state index in [1.165, 1.54) is 25.3 Å². The van der Waals surface area contributed by atoms with E-state index in [9.17, 15) is 37.5 Å². The van der Waals surface area contributed by atoms with Gasteiger partial charge in [-0.05, 0) is 179 Å². The van der Waals surface area contributed by atoms with E-state index in [1.54, 1.807) is 18.2 Å². The van der Waals surface area contributed by atoms with Crippen molar-refractivity contribution in [2.45, 2.75) is 157 Å². The molecule has 6 saturated heterocycles. The molecule has 0 unspecified atom stereocenters. The molecule has 0 atom stereocenters. The Labute approximate surface area is 500 Å². The van der Waals surface area contributed by atoms with Crippen molar-refractivity contribution in [3.8, 4) is 0 Å². The van der Waals surface area contributed by atoms with Crippen LogP contribution in [0.3, 0.4) is 0 Å². The molecule has 2 amide bonds. The summed E-state index contributed by atoms with van der Waals surface area (Å²) in [6.07, 6.45) is 8.07. The first-order valence-electron chi connectivity index (χ1n) is 27.1. The predicted molar refractivity (Wildman–Crippen MR) is 298 cm³/mol. The monoisotopic (exact) mass is 1160 g/mol. The maximum Gasteiger partial charge on any atom is 1.00 e. The molecule has 6 aliphatic rings. The molecule has 8 rings (SSSR count). The number of rotatable bonds is 5. The quantitative estimate of drug-likeness (QED) is 0.137. The minimum Gasteiger partial charge on any atom is -0.793 e. The van der Waals surface area contributed by atoms with Gasteiger partial charge < -0.3 is 47.1 Å². The first kappa shape index (κ1) is 69.4. The van der Waals surface area contributed by atoms with E-state index in [4.69, 9.17) is 32.7 Å². The van der Waals surface area contributed by atoms with Gasteiger partial charge in [-0.25, -0.2) is 37.7 Å². The average Bonchev–Trinajstić information content (AvgIpc) is 4.07. The second-order valence-corrected chi connectivity index (χ2v) is 23.9. The number of likely N-dealkylation sites (tertiary alicyclic amines) is 3. The summed E-state index contributed by atoms with van der Waals surface area (Å²) in [5, 5.41) is 4.72. The summed E-state index contributed by atoms with van der Waals surface area (Å²) < 4.78 is 41.3. The van der Waals surface area contributed by atoms with Gasteiger partial charge in [0.1, 0.15) is 23.5 Å². The van der Waals surface area contributed by atoms with Crippen molar-refractivity contribution in [1.82, 2.24) is 20.0 Å². The number of hydrogen-bond donors (Lipinski definition) is 1. The minimum atomic E-state index is -0.713. The Morgan fingerprint density at radius 2 is 1.03 bits per heavy atom. The molecule has 1 N–H and O–H groups in total. The number of nitrogens with one attached hydrogen (secondary N) is 1. The van der Waals surface area contributed by atoms with Gasteiger partial charge in [0, 0.05) is 107 Å². The third-order valence-corrected chi connectivity index (χ3v) is 14.8. The van der Waals surface area contributed by atoms with Crippen molar-refractivity contribution in [2.24, 2.45) is 10.8 Å². The Hall–Kier alpha value is -3.92. The molecule has 2 aromatic rings. The zero-order chi connectivity index (χ0) is 57.8. The summed E-state index contributed by atoms with van der Waals surface area (Å²) in [5.41, 5.74) is 3.59. The van der Waals surface area contributed by atoms with Gasteiger partial charge in [-0.15, -0.1) is 0 Å². The maximum absolute atomic E-state index is 13.6. The van der Waals surface area contributed by atoms with Crippen LogP contribution >= 0.6 is 23.2 Å². The van der Waals surface area contributed by atoms with Crippen molar-refractivity contribution in [2.75, 3.05) is 88.3 Å². The van der Waals surface area contributed by atoms with Gasteiger partial charge in [-0.1, -0.05) is 29.3 Å². The molecule has 3 radical (unpaired) electrons. The molecule has 79 heavy (non-hydrogen) atoms. The van der Waals surface area contributed by atoms with Crippen LogP contribution in [-0.4, -0.2) is 161 Å². The molecule has 23 heteroatoms. The van der Waals surface area contributed by atoms with Crippen LogP contribution in [0.15, 0.2) is 36.4 Å². The second kappa shape index (κ2) is 32.7. The van der Waals surface area contributed by atoms with E-state index < -0.39 is 35.9 Å². The number of aldehydes is 1. The molecule has 6 heterocycles. The van der Waals surface area contributed by atoms with E-state index in [-0.39, 0.29) is 52.8 Å². The van der Waals surface area contributed by atoms with E-state index >= 15 is 0 Å². The van der Waals surface area contributed by atoms with E-state index in [0.717, 1.165) is 134 Å². The van der Waals surface area contributed by atoms with E-state index in [2.05, 4.69) is 43.7 Å². The Bertz CT molecular complexity index is 2270. The predicted octanol–water partition coefficient (Wildman–Crippen LogP) is 7.25. The molecule has 6 fully saturated rings. The molecule has 2 spiro atoms. The van der Waals surface area contributed by atoms with Gasteiger partial charge in [0.2, 0.25) is 5.97 Å². The van der Waals surface area contributed by atoms with Crippen LogP contribution in [0.1, 0.15) is 142 Å². The number of carbonyl (C=O) groups excluding carboxylic acids is 6. The zero-order valence-corrected chi connectivity index (χ0v) is 51.8. The minimum absolute atomic E-state index is 0. The summed E-state index contributed by atoms with van der Waals surface area (Å²) in [6.45, 7) is 26.2. The summed E-state index contributed by atoms with van der Waals surface area (Å²) in [7, 11) is 4.32. The number of carbonyl (C=O) groups is 6. The van der Waals surface area contributed by atoms with Crippen LogP contribution in [0.5, 0.6) is 0 Å². The van der Waals surface area contributed by atoms with Gasteiger partial charge in [0.05, 0.1) is 0 Å². The van der Waals surface area contributed by atoms with Gasteiger partial charge in [0.15, 0.2) is 6.29 Å². The topological polar surface area (TPSA) is 177 Å². The number of alkyl halides is 2. The van der Waals surface area contributed by atoms with Gasteiger partial charge >= 0.3 is 53.7 Å². The van der Waals surface area contributed by atoms with Crippen molar-refractivity contribution in [1.29, 1.82) is 0 Å². The molecule has 2 aromatic carbocycles. The standard InChI is InChI=1S/C25H37ClFN3O2.C13H24N2O2.C12H13ClFNO.C4H6O4.C2H3BO2.Na/c1-24(2,3)32-23(31)30-15-10-25(18-30)8-13-28(14-9-25)17-19-4-5-20(26)16-22(19)29-11-6-21(27)7-12-29;1-12(2,3)17-11(16)15-9-6-13(10-15)4-7-14-8-5-13;13-10-2-1-9(8-16)12(7-10)15-5-3-11(14)4-6-15;1-3(5)7-8-4(2)6;1-2(4)5-3;/h4-5,16,21H,6-15,17-18H2,1-3H3;14H,4-10H2,1-3H3;1-2,7-8,11H,3-6H2;1-2H3;1H3;/q;;;;-1;+1. The van der Waals surface area contributed by atoms with Gasteiger partial charge in [-0.2, -0.15) is 0 Å². The van der Waals surface area contributed by atoms with Crippen molar-refractivity contribution < 1.29 is 91.0 Å². The fourth-order valence-corrected chi connectivity index (χ4v) is 10.5. The van der Waals surface area contributed by atoms with Crippen molar-refractivity contribution >= 4 is 79.0 Å². The second-order valence-electron chi connectivity index (χ2n) is 23.0. The normalized spacial score (nSPS) is 19.1. The van der Waals surface area contributed by atoms with Crippen LogP contribution < -0.4 is 44.7 Å². The third kappa shape index (κ3) is 24.6. The van der Waals surface area contributed by atoms with Crippen LogP contribution in [0.25, 0.3) is 0 Å². The van der Waals surface area contributed by atoms with E-state index in [1.807, 2.05) is 68.4 Å². The molecule has 0 saturated carbocycles. The number of halogens is 4. The van der Waals surface area contributed by atoms with Crippen LogP contribution in [0, 0.1) is 10.8 Å². The fourth-order valence-electron chi connectivity index (χ4n) is 10.2. The number of nitrogens with zero attached hydrogens (tertiary/aromatic N) is 5. The Morgan fingerprint density at radius 1 is 0.633 bits per heavy atom. The fraction of sp³-hybridized carbons (Fsp3) is 0.679. The number of benzene rings is 2. The van der Waals surface area contributed by atoms with Crippen molar-refractivity contribution in [3.63, 3.8) is 0 Å². The molecule has 6 aliphatic heterocycles. The number of anilines is 2. The Balaban J connectivity index is 0.000000295. The largest absolute Gasteiger partial charge is 1.00 e. The maximum atomic E-state index is 13.6. The van der Waals surface area contributed by atoms with Crippen LogP contribution in [0.2, 0.25) is 10.0 Å². The smallest absolute Gasteiger partial charge is 0.793 e. The summed E-state index contributed by atoms with van der Waals surface area (Å²) in [5.74, 6) is -1.74. The van der Waals surface area contributed by atoms with Gasteiger partial charge in [-0.3, -0.25) is 14.5 Å². The molecule has 435 valence electrons. The van der Waals surface area contributed by atoms with Crippen LogP contribution in [-0.2, 0) is 44.8 Å². The average molecular weight is 1160 g/mol. The summed E-state index contributed by atoms with van der Waals surface area (Å²) >= 11 is 12.2. The SMILES string of the molecule is CC(=O)OOC(C)=O.CC(C)(C)OC(=O)N1CCC2(CCN(Cc3ccc(Cl)cc3N3CCC(F)CC3)CC2)C1.CC(C)(C)OC(=O)N1CCC2(CCNCC2)C1.O=Cc1ccc(Cl)cc1N1CCC(F)CC1.[B-]OC(C)=O.[Na+]. The number of hydrogen-bond acceptors (Lipinski definition) is 15. The zero-order valence-electron chi connectivity index (χ0n) is 48.3. The van der Waals surface area contributed by atoms with E-state index in [0.29, 0.717) is 54.8 Å². The van der Waals surface area contributed by atoms with Crippen LogP contribution in [0.4, 0.5) is 29.7 Å². The first-order chi connectivity index (χ1) is 36.6. The van der Waals surface area contributed by atoms with Crippen molar-refractivity contribution in [3.05, 3.63) is 57.6 Å². The molecule has 17 nitrogen and oxygen atoms in total. The molecule has 0 aliphatic carbocycles. The number of piperidine rings is 4. The third-order valence-electron chi connectivity index (χ3n) is 14.3. The number of amides is 2. The molecule has 0 bridgehead atoms. The Kier molecular flexibility index (Phi) is 28.7. The first-order valence-corrected chi connectivity index (χ1v) is 27.8. The number of ether oxygens (including phenoxy) is 2. The molecule has 0 aromatic heterocycles. The van der Waals surface area contributed by atoms with Gasteiger partial charge in [0.25, 0.3) is 0 Å². The summed E-state index contributed by atoms with van der Waals surface area (Å²) in [4.78, 5) is 82.8.